The average Bonchev–Trinajstić information content (AvgIpc) is 3.28. The number of fused-ring (bicyclic) bond motifs is 2. The van der Waals surface area contributed by atoms with E-state index in [9.17, 15) is 9.59 Å². The monoisotopic (exact) mass is 428 g/mol. The van der Waals surface area contributed by atoms with E-state index in [2.05, 4.69) is 20.3 Å². The Hall–Kier alpha value is -3.81. The van der Waals surface area contributed by atoms with Crippen molar-refractivity contribution >= 4 is 34.2 Å². The van der Waals surface area contributed by atoms with E-state index in [1.165, 1.54) is 0 Å². The minimum absolute atomic E-state index is 0.0199. The number of carbonyl (C=O) groups excluding carboxylic acids is 2. The zero-order chi connectivity index (χ0) is 22.6. The minimum Gasteiger partial charge on any atom is -0.383 e. The molecular weight excluding hydrogens is 404 g/mol. The van der Waals surface area contributed by atoms with Crippen molar-refractivity contribution in [2.75, 3.05) is 11.1 Å². The standard InChI is InChI=1S/C24H24N6O2/c1-11-3-4-27-9-17(11)19-7-14-8-20(28-10-18(14)22(25)29-19)30-24(32)12(2)13-5-15-16(6-13)21(15)23(26)31/h3-4,7-10,15-16,21H,5-6H2,1-2H3,(H2,25,29)(H2,26,31)(H,28,30,32)/b13-12-/t15-,16+,21-/m1/s1. The van der Waals surface area contributed by atoms with Crippen molar-refractivity contribution in [3.63, 3.8) is 0 Å². The summed E-state index contributed by atoms with van der Waals surface area (Å²) in [5, 5.41) is 4.44. The van der Waals surface area contributed by atoms with Gasteiger partial charge in [-0.2, -0.15) is 0 Å². The van der Waals surface area contributed by atoms with Crippen LogP contribution in [0.2, 0.25) is 0 Å². The highest BCUT2D eigenvalue weighted by Gasteiger charge is 2.57. The molecule has 0 aromatic carbocycles. The summed E-state index contributed by atoms with van der Waals surface area (Å²) < 4.78 is 0. The van der Waals surface area contributed by atoms with Crippen molar-refractivity contribution in [1.29, 1.82) is 0 Å². The number of primary amides is 1. The maximum Gasteiger partial charge on any atom is 0.252 e. The van der Waals surface area contributed by atoms with Crippen LogP contribution in [0.25, 0.3) is 22.0 Å². The summed E-state index contributed by atoms with van der Waals surface area (Å²) in [6, 6.07) is 5.64. The smallest absolute Gasteiger partial charge is 0.252 e. The molecule has 3 aromatic rings. The fourth-order valence-corrected chi connectivity index (χ4v) is 4.87. The van der Waals surface area contributed by atoms with Crippen LogP contribution >= 0.6 is 0 Å². The van der Waals surface area contributed by atoms with E-state index in [-0.39, 0.29) is 17.7 Å². The van der Waals surface area contributed by atoms with Gasteiger partial charge in [0, 0.05) is 41.0 Å². The fourth-order valence-electron chi connectivity index (χ4n) is 4.87. The molecule has 2 amide bonds. The number of carbonyl (C=O) groups is 2. The van der Waals surface area contributed by atoms with Gasteiger partial charge in [0.2, 0.25) is 5.91 Å². The molecule has 8 heteroatoms. The molecular formula is C24H24N6O2. The molecule has 162 valence electrons. The molecule has 0 unspecified atom stereocenters. The largest absolute Gasteiger partial charge is 0.383 e. The van der Waals surface area contributed by atoms with Crippen molar-refractivity contribution in [3.05, 3.63) is 53.5 Å². The Labute approximate surface area is 185 Å². The number of anilines is 2. The number of nitrogen functional groups attached to an aromatic ring is 1. The molecule has 0 bridgehead atoms. The summed E-state index contributed by atoms with van der Waals surface area (Å²) >= 11 is 0. The first-order valence-corrected chi connectivity index (χ1v) is 10.6. The van der Waals surface area contributed by atoms with Crippen LogP contribution in [0, 0.1) is 24.7 Å². The van der Waals surface area contributed by atoms with Crippen molar-refractivity contribution in [2.24, 2.45) is 23.5 Å². The van der Waals surface area contributed by atoms with E-state index < -0.39 is 0 Å². The van der Waals surface area contributed by atoms with E-state index in [0.29, 0.717) is 29.0 Å². The quantitative estimate of drug-likeness (QED) is 0.546. The Bertz CT molecular complexity index is 1300. The molecule has 32 heavy (non-hydrogen) atoms. The van der Waals surface area contributed by atoms with Crippen molar-refractivity contribution in [1.82, 2.24) is 15.0 Å². The highest BCUT2D eigenvalue weighted by atomic mass is 16.2. The molecule has 3 aromatic heterocycles. The van der Waals surface area contributed by atoms with Crippen LogP contribution < -0.4 is 16.8 Å². The SMILES string of the molecule is C/C(C(=O)Nc1cc2cc(-c3cnccc3C)nc(N)c2cn1)=C1\C[C@@H]2[C@H](C1)[C@@H]2C(N)=O. The van der Waals surface area contributed by atoms with Gasteiger partial charge in [-0.1, -0.05) is 5.57 Å². The Balaban J connectivity index is 1.39. The number of amides is 2. The zero-order valence-corrected chi connectivity index (χ0v) is 17.9. The zero-order valence-electron chi connectivity index (χ0n) is 17.9. The third kappa shape index (κ3) is 3.37. The molecule has 8 nitrogen and oxygen atoms in total. The van der Waals surface area contributed by atoms with Crippen molar-refractivity contribution in [2.45, 2.75) is 26.7 Å². The summed E-state index contributed by atoms with van der Waals surface area (Å²) in [6.45, 7) is 3.81. The molecule has 3 heterocycles. The van der Waals surface area contributed by atoms with Gasteiger partial charge in [0.15, 0.2) is 0 Å². The third-order valence-corrected chi connectivity index (χ3v) is 6.80. The van der Waals surface area contributed by atoms with E-state index in [1.807, 2.05) is 26.0 Å². The lowest BCUT2D eigenvalue weighted by atomic mass is 10.0. The summed E-state index contributed by atoms with van der Waals surface area (Å²) in [5.74, 6) is 0.986. The van der Waals surface area contributed by atoms with Crippen LogP contribution in [-0.4, -0.2) is 26.8 Å². The van der Waals surface area contributed by atoms with Crippen molar-refractivity contribution in [3.8, 4) is 11.3 Å². The molecule has 2 fully saturated rings. The number of nitrogens with zero attached hydrogens (tertiary/aromatic N) is 3. The van der Waals surface area contributed by atoms with Gasteiger partial charge >= 0.3 is 0 Å². The van der Waals surface area contributed by atoms with Gasteiger partial charge in [0.05, 0.1) is 5.69 Å². The number of aromatic nitrogens is 3. The van der Waals surface area contributed by atoms with Gasteiger partial charge in [-0.3, -0.25) is 14.6 Å². The average molecular weight is 428 g/mol. The topological polar surface area (TPSA) is 137 Å². The van der Waals surface area contributed by atoms with Gasteiger partial charge in [-0.25, -0.2) is 9.97 Å². The van der Waals surface area contributed by atoms with Gasteiger partial charge in [0.25, 0.3) is 5.91 Å². The molecule has 5 N–H and O–H groups in total. The van der Waals surface area contributed by atoms with E-state index in [4.69, 9.17) is 11.5 Å². The first-order chi connectivity index (χ1) is 15.3. The van der Waals surface area contributed by atoms with Crippen molar-refractivity contribution < 1.29 is 9.59 Å². The second-order valence-electron chi connectivity index (χ2n) is 8.72. The first kappa shape index (κ1) is 20.1. The molecule has 0 spiro atoms. The molecule has 0 aliphatic heterocycles. The molecule has 5 rings (SSSR count). The number of hydrogen-bond donors (Lipinski definition) is 3. The van der Waals surface area contributed by atoms with E-state index >= 15 is 0 Å². The number of pyridine rings is 3. The molecule has 2 aliphatic rings. The van der Waals surface area contributed by atoms with Gasteiger partial charge in [0.1, 0.15) is 11.6 Å². The normalized spacial score (nSPS) is 23.0. The Morgan fingerprint density at radius 2 is 1.91 bits per heavy atom. The van der Waals surface area contributed by atoms with E-state index in [1.54, 1.807) is 24.7 Å². The van der Waals surface area contributed by atoms with Gasteiger partial charge in [-0.05, 0) is 67.7 Å². The number of hydrogen-bond acceptors (Lipinski definition) is 6. The summed E-state index contributed by atoms with van der Waals surface area (Å²) in [4.78, 5) is 37.3. The van der Waals surface area contributed by atoms with Crippen LogP contribution in [0.5, 0.6) is 0 Å². The predicted octanol–water partition coefficient (Wildman–Crippen LogP) is 2.98. The Kier molecular flexibility index (Phi) is 4.65. The van der Waals surface area contributed by atoms with Gasteiger partial charge in [-0.15, -0.1) is 0 Å². The van der Waals surface area contributed by atoms with Crippen LogP contribution in [0.4, 0.5) is 11.6 Å². The fraction of sp³-hybridized carbons (Fsp3) is 0.292. The third-order valence-electron chi connectivity index (χ3n) is 6.80. The second-order valence-corrected chi connectivity index (χ2v) is 8.72. The molecule has 0 radical (unpaired) electrons. The lowest BCUT2D eigenvalue weighted by molar-refractivity contribution is -0.119. The predicted molar refractivity (Wildman–Crippen MR) is 122 cm³/mol. The Morgan fingerprint density at radius 3 is 2.59 bits per heavy atom. The minimum atomic E-state index is -0.226. The number of allylic oxidation sites excluding steroid dienone is 1. The number of nitrogens with one attached hydrogen (secondary N) is 1. The maximum absolute atomic E-state index is 12.8. The van der Waals surface area contributed by atoms with E-state index in [0.717, 1.165) is 46.0 Å². The van der Waals surface area contributed by atoms with Crippen LogP contribution in [-0.2, 0) is 9.59 Å². The van der Waals surface area contributed by atoms with Crippen LogP contribution in [0.15, 0.2) is 47.9 Å². The lowest BCUT2D eigenvalue weighted by Crippen LogP contribution is -2.18. The maximum atomic E-state index is 12.8. The molecule has 3 atom stereocenters. The summed E-state index contributed by atoms with van der Waals surface area (Å²) in [5.41, 5.74) is 16.0. The first-order valence-electron chi connectivity index (χ1n) is 10.6. The van der Waals surface area contributed by atoms with Crippen LogP contribution in [0.3, 0.4) is 0 Å². The van der Waals surface area contributed by atoms with Crippen LogP contribution in [0.1, 0.15) is 25.3 Å². The highest BCUT2D eigenvalue weighted by Crippen LogP contribution is 2.59. The number of nitrogens with two attached hydrogens (primary N) is 2. The summed E-state index contributed by atoms with van der Waals surface area (Å²) in [7, 11) is 0. The molecule has 0 saturated heterocycles. The lowest BCUT2D eigenvalue weighted by Gasteiger charge is -2.12. The second kappa shape index (κ2) is 7.40. The number of rotatable bonds is 4. The number of aryl methyl sites for hydroxylation is 1. The summed E-state index contributed by atoms with van der Waals surface area (Å²) in [6.07, 6.45) is 6.64. The highest BCUT2D eigenvalue weighted by molar-refractivity contribution is 6.05. The molecule has 2 saturated carbocycles. The Morgan fingerprint density at radius 1 is 1.16 bits per heavy atom. The van der Waals surface area contributed by atoms with Gasteiger partial charge < -0.3 is 16.8 Å². The molecule has 2 aliphatic carbocycles.